The van der Waals surface area contributed by atoms with Gasteiger partial charge in [-0.05, 0) is 73.2 Å². The molecule has 4 aromatic rings. The number of ether oxygens (including phenoxy) is 1. The second kappa shape index (κ2) is 12.2. The highest BCUT2D eigenvalue weighted by Crippen LogP contribution is 2.26. The normalized spacial score (nSPS) is 10.7. The molecule has 3 aromatic carbocycles. The number of fused-ring (bicyclic) bond motifs is 1. The number of carbonyl (C=O) groups excluding carboxylic acids is 3. The molecule has 0 saturated carbocycles. The second-order valence-electron chi connectivity index (χ2n) is 8.30. The second-order valence-corrected chi connectivity index (χ2v) is 9.61. The highest BCUT2D eigenvalue weighted by molar-refractivity contribution is 6.42. The highest BCUT2D eigenvalue weighted by Gasteiger charge is 2.21. The van der Waals surface area contributed by atoms with E-state index < -0.39 is 17.7 Å². The topological polar surface area (TPSA) is 101 Å². The molecule has 0 aliphatic heterocycles. The molecule has 1 heterocycles. The lowest BCUT2D eigenvalue weighted by atomic mass is 10.2. The van der Waals surface area contributed by atoms with Gasteiger partial charge >= 0.3 is 11.8 Å². The van der Waals surface area contributed by atoms with Gasteiger partial charge in [0.2, 0.25) is 0 Å². The van der Waals surface area contributed by atoms with E-state index in [4.69, 9.17) is 39.5 Å². The zero-order chi connectivity index (χ0) is 27.2. The Balaban J connectivity index is 1.53. The fourth-order valence-electron chi connectivity index (χ4n) is 3.60. The van der Waals surface area contributed by atoms with Gasteiger partial charge in [-0.15, -0.1) is 0 Å². The van der Waals surface area contributed by atoms with Gasteiger partial charge in [-0.25, -0.2) is 4.68 Å². The van der Waals surface area contributed by atoms with E-state index in [1.807, 2.05) is 0 Å². The summed E-state index contributed by atoms with van der Waals surface area (Å²) in [6.07, 6.45) is 1.96. The van der Waals surface area contributed by atoms with E-state index in [0.717, 1.165) is 12.8 Å². The summed E-state index contributed by atoms with van der Waals surface area (Å²) in [6.45, 7) is 2.67. The van der Waals surface area contributed by atoms with Gasteiger partial charge in [-0.1, -0.05) is 48.1 Å². The summed E-state index contributed by atoms with van der Waals surface area (Å²) in [5.41, 5.74) is 3.76. The molecule has 0 saturated heterocycles. The minimum atomic E-state index is -0.986. The first-order valence-electron chi connectivity index (χ1n) is 11.7. The first-order chi connectivity index (χ1) is 18.2. The number of rotatable bonds is 8. The highest BCUT2D eigenvalue weighted by atomic mass is 35.5. The molecule has 0 spiro atoms. The van der Waals surface area contributed by atoms with Crippen molar-refractivity contribution in [3.05, 3.63) is 87.5 Å². The number of aromatic nitrogens is 1. The van der Waals surface area contributed by atoms with Crippen LogP contribution in [0, 0.1) is 0 Å². The molecule has 0 fully saturated rings. The number of anilines is 2. The van der Waals surface area contributed by atoms with Crippen LogP contribution in [-0.2, 0) is 9.59 Å². The quantitative estimate of drug-likeness (QED) is 0.160. The van der Waals surface area contributed by atoms with Crippen molar-refractivity contribution in [2.45, 2.75) is 19.8 Å². The molecule has 0 bridgehead atoms. The maximum atomic E-state index is 13.2. The fraction of sp³-hybridized carbons (Fsp3) is 0.148. The Hall–Kier alpha value is -3.72. The van der Waals surface area contributed by atoms with Gasteiger partial charge in [0.15, 0.2) is 0 Å². The van der Waals surface area contributed by atoms with Crippen LogP contribution in [0.2, 0.25) is 15.1 Å². The Morgan fingerprint density at radius 1 is 0.789 bits per heavy atom. The first-order valence-corrected chi connectivity index (χ1v) is 12.8. The number of hydrogen-bond donors (Lipinski definition) is 3. The lowest BCUT2D eigenvalue weighted by Crippen LogP contribution is -2.36. The van der Waals surface area contributed by atoms with Crippen LogP contribution in [0.15, 0.2) is 66.7 Å². The van der Waals surface area contributed by atoms with Crippen molar-refractivity contribution in [3.8, 4) is 5.75 Å². The van der Waals surface area contributed by atoms with Gasteiger partial charge in [-0.3, -0.25) is 19.8 Å². The van der Waals surface area contributed by atoms with E-state index in [2.05, 4.69) is 23.0 Å². The predicted octanol–water partition coefficient (Wildman–Crippen LogP) is 6.74. The number of nitrogens with one attached hydrogen (secondary N) is 3. The Kier molecular flexibility index (Phi) is 8.78. The van der Waals surface area contributed by atoms with Crippen LogP contribution in [0.25, 0.3) is 10.9 Å². The molecule has 3 N–H and O–H groups in total. The van der Waals surface area contributed by atoms with E-state index in [9.17, 15) is 14.4 Å². The molecule has 1 aromatic heterocycles. The average molecular weight is 574 g/mol. The Morgan fingerprint density at radius 2 is 1.50 bits per heavy atom. The van der Waals surface area contributed by atoms with Crippen molar-refractivity contribution in [1.82, 2.24) is 4.68 Å². The number of hydrogen-bond acceptors (Lipinski definition) is 4. The largest absolute Gasteiger partial charge is 0.494 e. The van der Waals surface area contributed by atoms with Gasteiger partial charge in [0.1, 0.15) is 11.4 Å². The molecule has 11 heteroatoms. The third-order valence-electron chi connectivity index (χ3n) is 5.42. The summed E-state index contributed by atoms with van der Waals surface area (Å²) in [5, 5.41) is 6.92. The summed E-state index contributed by atoms with van der Waals surface area (Å²) in [4.78, 5) is 38.6. The van der Waals surface area contributed by atoms with E-state index in [1.165, 1.54) is 28.9 Å². The molecule has 0 unspecified atom stereocenters. The number of halogens is 3. The molecular formula is C27H23Cl3N4O4. The monoisotopic (exact) mass is 572 g/mol. The standard InChI is InChI=1S/C27H23Cl3N4O4/c1-2-3-10-38-22-7-5-20(6-8-22)31-26(36)27(37)33-34-23-9-4-17(28)11-16(23)12-24(34)25(35)32-21-14-18(29)13-19(30)15-21/h4-9,11-15H,2-3,10H2,1H3,(H,31,36)(H,32,35)(H,33,37). The number of carbonyl (C=O) groups is 3. The van der Waals surface area contributed by atoms with Crippen LogP contribution >= 0.6 is 34.8 Å². The lowest BCUT2D eigenvalue weighted by molar-refractivity contribution is -0.133. The summed E-state index contributed by atoms with van der Waals surface area (Å²) in [7, 11) is 0. The minimum absolute atomic E-state index is 0.0492. The van der Waals surface area contributed by atoms with Crippen LogP contribution in [0.3, 0.4) is 0 Å². The number of nitrogens with zero attached hydrogens (tertiary/aromatic N) is 1. The SMILES string of the molecule is CCCCOc1ccc(NC(=O)C(=O)Nn2c(C(=O)Nc3cc(Cl)cc(Cl)c3)cc3cc(Cl)ccc32)cc1. The van der Waals surface area contributed by atoms with E-state index in [-0.39, 0.29) is 5.69 Å². The Bertz CT molecular complexity index is 1480. The maximum Gasteiger partial charge on any atom is 0.328 e. The predicted molar refractivity (Wildman–Crippen MR) is 151 cm³/mol. The summed E-state index contributed by atoms with van der Waals surface area (Å²) in [6, 6.07) is 17.7. The molecule has 8 nitrogen and oxygen atoms in total. The third kappa shape index (κ3) is 6.77. The molecule has 0 aliphatic carbocycles. The van der Waals surface area contributed by atoms with Crippen LogP contribution in [0.4, 0.5) is 11.4 Å². The van der Waals surface area contributed by atoms with Crippen molar-refractivity contribution >= 4 is 74.8 Å². The van der Waals surface area contributed by atoms with Gasteiger partial charge < -0.3 is 15.4 Å². The molecular weight excluding hydrogens is 551 g/mol. The van der Waals surface area contributed by atoms with Crippen molar-refractivity contribution < 1.29 is 19.1 Å². The molecule has 3 amide bonds. The fourth-order valence-corrected chi connectivity index (χ4v) is 4.31. The zero-order valence-electron chi connectivity index (χ0n) is 20.2. The summed E-state index contributed by atoms with van der Waals surface area (Å²) < 4.78 is 6.83. The summed E-state index contributed by atoms with van der Waals surface area (Å²) in [5.74, 6) is -1.82. The van der Waals surface area contributed by atoms with Crippen molar-refractivity contribution in [2.75, 3.05) is 22.7 Å². The van der Waals surface area contributed by atoms with Gasteiger partial charge in [0, 0.05) is 31.8 Å². The first kappa shape index (κ1) is 27.3. The number of amides is 3. The third-order valence-corrected chi connectivity index (χ3v) is 6.09. The molecule has 0 atom stereocenters. The van der Waals surface area contributed by atoms with Crippen molar-refractivity contribution in [1.29, 1.82) is 0 Å². The molecule has 38 heavy (non-hydrogen) atoms. The number of unbranched alkanes of at least 4 members (excludes halogenated alkanes) is 1. The summed E-state index contributed by atoms with van der Waals surface area (Å²) >= 11 is 18.2. The molecule has 4 rings (SSSR count). The van der Waals surface area contributed by atoms with E-state index in [1.54, 1.807) is 42.5 Å². The van der Waals surface area contributed by atoms with Crippen LogP contribution in [0.1, 0.15) is 30.3 Å². The lowest BCUT2D eigenvalue weighted by Gasteiger charge is -2.13. The van der Waals surface area contributed by atoms with Crippen LogP contribution in [-0.4, -0.2) is 29.0 Å². The van der Waals surface area contributed by atoms with Crippen molar-refractivity contribution in [3.63, 3.8) is 0 Å². The molecule has 0 radical (unpaired) electrons. The average Bonchev–Trinajstić information content (AvgIpc) is 3.22. The van der Waals surface area contributed by atoms with E-state index in [0.29, 0.717) is 49.7 Å². The van der Waals surface area contributed by atoms with Crippen LogP contribution < -0.4 is 20.8 Å². The maximum absolute atomic E-state index is 13.2. The zero-order valence-corrected chi connectivity index (χ0v) is 22.5. The van der Waals surface area contributed by atoms with Gasteiger partial charge in [0.25, 0.3) is 5.91 Å². The van der Waals surface area contributed by atoms with Gasteiger partial charge in [-0.2, -0.15) is 0 Å². The Labute approximate surface area is 233 Å². The van der Waals surface area contributed by atoms with Gasteiger partial charge in [0.05, 0.1) is 12.1 Å². The van der Waals surface area contributed by atoms with E-state index >= 15 is 0 Å². The number of benzene rings is 3. The van der Waals surface area contributed by atoms with Crippen LogP contribution in [0.5, 0.6) is 5.75 Å². The van der Waals surface area contributed by atoms with Crippen molar-refractivity contribution in [2.24, 2.45) is 0 Å². The Morgan fingerprint density at radius 3 is 2.18 bits per heavy atom. The molecule has 196 valence electrons. The minimum Gasteiger partial charge on any atom is -0.494 e. The smallest absolute Gasteiger partial charge is 0.328 e. The molecule has 0 aliphatic rings.